The first kappa shape index (κ1) is 16.9. The maximum absolute atomic E-state index is 12.1. The van der Waals surface area contributed by atoms with E-state index >= 15 is 0 Å². The molecule has 0 aliphatic carbocycles. The Morgan fingerprint density at radius 3 is 2.61 bits per heavy atom. The van der Waals surface area contributed by atoms with Crippen LogP contribution in [0.5, 0.6) is 5.75 Å². The minimum absolute atomic E-state index is 0.00326. The molecule has 0 bridgehead atoms. The van der Waals surface area contributed by atoms with Gasteiger partial charge < -0.3 is 19.2 Å². The van der Waals surface area contributed by atoms with Gasteiger partial charge in [-0.15, -0.1) is 0 Å². The van der Waals surface area contributed by atoms with E-state index in [0.29, 0.717) is 30.3 Å². The van der Waals surface area contributed by atoms with Crippen molar-refractivity contribution < 1.29 is 23.8 Å². The fourth-order valence-corrected chi connectivity index (χ4v) is 2.00. The van der Waals surface area contributed by atoms with Crippen molar-refractivity contribution in [1.82, 2.24) is 4.90 Å². The van der Waals surface area contributed by atoms with Gasteiger partial charge in [0.05, 0.1) is 12.2 Å². The van der Waals surface area contributed by atoms with Crippen LogP contribution in [0.3, 0.4) is 0 Å². The second-order valence-electron chi connectivity index (χ2n) is 4.89. The molecule has 0 saturated heterocycles. The van der Waals surface area contributed by atoms with Gasteiger partial charge in [0.2, 0.25) is 0 Å². The van der Waals surface area contributed by atoms with Gasteiger partial charge in [-0.05, 0) is 30.7 Å². The summed E-state index contributed by atoms with van der Waals surface area (Å²) in [5.74, 6) is -0.792. The summed E-state index contributed by atoms with van der Waals surface area (Å²) >= 11 is 5.78. The molecule has 0 radical (unpaired) electrons. The number of carboxylic acids is 1. The van der Waals surface area contributed by atoms with Gasteiger partial charge in [0, 0.05) is 24.7 Å². The molecule has 0 saturated carbocycles. The van der Waals surface area contributed by atoms with Gasteiger partial charge in [0.25, 0.3) is 5.91 Å². The van der Waals surface area contributed by atoms with Crippen molar-refractivity contribution in [2.24, 2.45) is 0 Å². The van der Waals surface area contributed by atoms with Crippen molar-refractivity contribution in [1.29, 1.82) is 0 Å². The molecule has 0 unspecified atom stereocenters. The zero-order valence-electron chi connectivity index (χ0n) is 12.5. The number of ether oxygens (including phenoxy) is 1. The molecule has 122 valence electrons. The lowest BCUT2D eigenvalue weighted by molar-refractivity contribution is 0.0695. The molecule has 23 heavy (non-hydrogen) atoms. The van der Waals surface area contributed by atoms with Gasteiger partial charge in [-0.25, -0.2) is 4.79 Å². The van der Waals surface area contributed by atoms with Crippen LogP contribution >= 0.6 is 11.6 Å². The Morgan fingerprint density at radius 1 is 1.30 bits per heavy atom. The lowest BCUT2D eigenvalue weighted by atomic mass is 10.3. The SMILES string of the molecule is CN(CCCOc1ccc(Cl)cc1)C(=O)c1cc(C(=O)O)co1. The van der Waals surface area contributed by atoms with Crippen molar-refractivity contribution in [3.63, 3.8) is 0 Å². The highest BCUT2D eigenvalue weighted by Crippen LogP contribution is 2.15. The van der Waals surface area contributed by atoms with Gasteiger partial charge in [0.15, 0.2) is 5.76 Å². The molecule has 1 N–H and O–H groups in total. The molecule has 2 rings (SSSR count). The second kappa shape index (κ2) is 7.69. The Labute approximate surface area is 138 Å². The number of carbonyl (C=O) groups is 2. The van der Waals surface area contributed by atoms with Crippen LogP contribution in [0.25, 0.3) is 0 Å². The molecule has 2 aromatic rings. The number of furan rings is 1. The highest BCUT2D eigenvalue weighted by molar-refractivity contribution is 6.30. The fourth-order valence-electron chi connectivity index (χ4n) is 1.87. The van der Waals surface area contributed by atoms with E-state index in [-0.39, 0.29) is 17.2 Å². The second-order valence-corrected chi connectivity index (χ2v) is 5.32. The number of hydrogen-bond acceptors (Lipinski definition) is 4. The summed E-state index contributed by atoms with van der Waals surface area (Å²) in [6.45, 7) is 0.896. The largest absolute Gasteiger partial charge is 0.494 e. The number of amides is 1. The molecule has 1 aromatic heterocycles. The maximum atomic E-state index is 12.1. The predicted molar refractivity (Wildman–Crippen MR) is 84.2 cm³/mol. The van der Waals surface area contributed by atoms with Crippen LogP contribution < -0.4 is 4.74 Å². The normalized spacial score (nSPS) is 10.3. The van der Waals surface area contributed by atoms with E-state index in [1.54, 1.807) is 31.3 Å². The Morgan fingerprint density at radius 2 is 2.00 bits per heavy atom. The van der Waals surface area contributed by atoms with Gasteiger partial charge in [0.1, 0.15) is 12.0 Å². The summed E-state index contributed by atoms with van der Waals surface area (Å²) in [5, 5.41) is 9.45. The van der Waals surface area contributed by atoms with Crippen LogP contribution in [-0.4, -0.2) is 42.1 Å². The van der Waals surface area contributed by atoms with Gasteiger partial charge >= 0.3 is 5.97 Å². The van der Waals surface area contributed by atoms with Gasteiger partial charge in [-0.3, -0.25) is 4.79 Å². The average Bonchev–Trinajstić information content (AvgIpc) is 3.02. The number of nitrogens with zero attached hydrogens (tertiary/aromatic N) is 1. The van der Waals surface area contributed by atoms with Gasteiger partial charge in [-0.2, -0.15) is 0 Å². The molecule has 0 aliphatic heterocycles. The predicted octanol–water partition coefficient (Wildman–Crippen LogP) is 3.17. The number of rotatable bonds is 7. The molecule has 7 heteroatoms. The van der Waals surface area contributed by atoms with Crippen LogP contribution in [0.2, 0.25) is 5.02 Å². The molecule has 6 nitrogen and oxygen atoms in total. The Bertz CT molecular complexity index is 680. The maximum Gasteiger partial charge on any atom is 0.338 e. The smallest absolute Gasteiger partial charge is 0.338 e. The number of aromatic carboxylic acids is 1. The van der Waals surface area contributed by atoms with E-state index in [4.69, 9.17) is 25.9 Å². The van der Waals surface area contributed by atoms with E-state index in [0.717, 1.165) is 6.26 Å². The van der Waals surface area contributed by atoms with Crippen molar-refractivity contribution >= 4 is 23.5 Å². The Kier molecular flexibility index (Phi) is 5.65. The average molecular weight is 338 g/mol. The third-order valence-corrected chi connectivity index (χ3v) is 3.38. The third kappa shape index (κ3) is 4.75. The fraction of sp³-hybridized carbons (Fsp3) is 0.250. The zero-order chi connectivity index (χ0) is 16.8. The Hall–Kier alpha value is -2.47. The molecule has 0 atom stereocenters. The summed E-state index contributed by atoms with van der Waals surface area (Å²) in [6, 6.07) is 8.24. The first-order valence-corrected chi connectivity index (χ1v) is 7.31. The van der Waals surface area contributed by atoms with Crippen molar-refractivity contribution in [2.75, 3.05) is 20.2 Å². The molecule has 1 aromatic carbocycles. The number of hydrogen-bond donors (Lipinski definition) is 1. The lowest BCUT2D eigenvalue weighted by Crippen LogP contribution is -2.28. The standard InChI is InChI=1S/C16H16ClNO5/c1-18(15(19)14-9-11(10-23-14)16(20)21)7-2-8-22-13-5-3-12(17)4-6-13/h3-6,9-10H,2,7-8H2,1H3,(H,20,21). The summed E-state index contributed by atoms with van der Waals surface area (Å²) in [6.07, 6.45) is 1.67. The van der Waals surface area contributed by atoms with E-state index in [9.17, 15) is 9.59 Å². The molecule has 1 amide bonds. The first-order valence-electron chi connectivity index (χ1n) is 6.93. The number of carboxylic acid groups (broad SMARTS) is 1. The van der Waals surface area contributed by atoms with Crippen LogP contribution in [0.1, 0.15) is 27.3 Å². The lowest BCUT2D eigenvalue weighted by Gasteiger charge is -2.15. The summed E-state index contributed by atoms with van der Waals surface area (Å²) < 4.78 is 10.5. The third-order valence-electron chi connectivity index (χ3n) is 3.12. The van der Waals surface area contributed by atoms with E-state index in [1.807, 2.05) is 0 Å². The highest BCUT2D eigenvalue weighted by atomic mass is 35.5. The minimum Gasteiger partial charge on any atom is -0.494 e. The van der Waals surface area contributed by atoms with E-state index < -0.39 is 5.97 Å². The topological polar surface area (TPSA) is 80.0 Å². The molecule has 0 spiro atoms. The van der Waals surface area contributed by atoms with Crippen LogP contribution in [-0.2, 0) is 0 Å². The quantitative estimate of drug-likeness (QED) is 0.785. The Balaban J connectivity index is 1.77. The van der Waals surface area contributed by atoms with Crippen LogP contribution in [0.15, 0.2) is 41.0 Å². The van der Waals surface area contributed by atoms with Crippen molar-refractivity contribution in [2.45, 2.75) is 6.42 Å². The van der Waals surface area contributed by atoms with Crippen molar-refractivity contribution in [3.8, 4) is 5.75 Å². The molecule has 0 aliphatic rings. The molecule has 1 heterocycles. The molecule has 0 fully saturated rings. The van der Waals surface area contributed by atoms with Crippen LogP contribution in [0.4, 0.5) is 0 Å². The summed E-state index contributed by atoms with van der Waals surface area (Å²) in [5.41, 5.74) is -0.0483. The van der Waals surface area contributed by atoms with Gasteiger partial charge in [-0.1, -0.05) is 11.6 Å². The number of halogens is 1. The molecular weight excluding hydrogens is 322 g/mol. The number of carbonyl (C=O) groups excluding carboxylic acids is 1. The first-order chi connectivity index (χ1) is 11.0. The summed E-state index contributed by atoms with van der Waals surface area (Å²) in [7, 11) is 1.62. The minimum atomic E-state index is -1.13. The molecular formula is C16H16ClNO5. The zero-order valence-corrected chi connectivity index (χ0v) is 13.2. The van der Waals surface area contributed by atoms with E-state index in [1.165, 1.54) is 11.0 Å². The van der Waals surface area contributed by atoms with Crippen molar-refractivity contribution in [3.05, 3.63) is 52.9 Å². The highest BCUT2D eigenvalue weighted by Gasteiger charge is 2.18. The van der Waals surface area contributed by atoms with E-state index in [2.05, 4.69) is 0 Å². The monoisotopic (exact) mass is 337 g/mol. The summed E-state index contributed by atoms with van der Waals surface area (Å²) in [4.78, 5) is 24.3. The number of benzene rings is 1. The van der Waals surface area contributed by atoms with Crippen LogP contribution in [0, 0.1) is 0 Å².